The van der Waals surface area contributed by atoms with Gasteiger partial charge in [0.1, 0.15) is 6.34 Å². The van der Waals surface area contributed by atoms with Crippen LogP contribution in [0.25, 0.3) is 0 Å². The van der Waals surface area contributed by atoms with Gasteiger partial charge in [-0.25, -0.2) is 4.99 Å². The van der Waals surface area contributed by atoms with Crippen molar-refractivity contribution >= 4 is 23.9 Å². The molecule has 7 heavy (non-hydrogen) atoms. The molecule has 1 unspecified atom stereocenters. The Morgan fingerprint density at radius 2 is 2.57 bits per heavy atom. The minimum atomic E-state index is -0.185. The highest BCUT2D eigenvalue weighted by molar-refractivity contribution is 7.79. The number of hydrogen-bond donors (Lipinski definition) is 0. The second-order valence-corrected chi connectivity index (χ2v) is 1.32. The maximum atomic E-state index is 4.52. The van der Waals surface area contributed by atoms with Crippen molar-refractivity contribution in [1.29, 1.82) is 0 Å². The molecule has 1 atom stereocenters. The van der Waals surface area contributed by atoms with Crippen LogP contribution in [0.15, 0.2) is 15.2 Å². The number of nitrogens with zero attached hydrogens (tertiary/aromatic N) is 3. The van der Waals surface area contributed by atoms with Crippen LogP contribution in [0.4, 0.5) is 0 Å². The summed E-state index contributed by atoms with van der Waals surface area (Å²) in [5, 5.41) is 8.53. The molecule has 1 aliphatic heterocycles. The first-order valence-corrected chi connectivity index (χ1v) is 2.27. The van der Waals surface area contributed by atoms with Gasteiger partial charge < -0.3 is 0 Å². The van der Waals surface area contributed by atoms with E-state index in [0.717, 1.165) is 0 Å². The van der Waals surface area contributed by atoms with Gasteiger partial charge in [-0.05, 0) is 0 Å². The van der Waals surface area contributed by atoms with Crippen molar-refractivity contribution in [2.75, 3.05) is 0 Å². The Kier molecular flexibility index (Phi) is 1.21. The zero-order valence-corrected chi connectivity index (χ0v) is 4.30. The van der Waals surface area contributed by atoms with Gasteiger partial charge in [-0.3, -0.25) is 0 Å². The Labute approximate surface area is 46.2 Å². The Bertz CT molecular complexity index is 116. The normalized spacial score (nSPS) is 26.0. The van der Waals surface area contributed by atoms with Crippen LogP contribution in [-0.2, 0) is 0 Å². The summed E-state index contributed by atoms with van der Waals surface area (Å²) in [7, 11) is 0. The molecular formula is C3H3N3S. The summed E-state index contributed by atoms with van der Waals surface area (Å²) >= 11 is 4.52. The quantitative estimate of drug-likeness (QED) is 0.463. The third-order valence-electron chi connectivity index (χ3n) is 0.578. The molecule has 0 fully saturated rings. The molecule has 1 heterocycles. The molecule has 0 radical (unpaired) electrons. The van der Waals surface area contributed by atoms with E-state index in [0.29, 0.717) is 0 Å². The SMILES string of the molecule is S=CC1N=CN=N1. The Morgan fingerprint density at radius 1 is 1.71 bits per heavy atom. The third kappa shape index (κ3) is 0.866. The van der Waals surface area contributed by atoms with Crippen molar-refractivity contribution in [1.82, 2.24) is 0 Å². The predicted molar refractivity (Wildman–Crippen MR) is 30.8 cm³/mol. The summed E-state index contributed by atoms with van der Waals surface area (Å²) < 4.78 is 0. The molecule has 4 heteroatoms. The first kappa shape index (κ1) is 4.52. The Balaban J connectivity index is 2.59. The topological polar surface area (TPSA) is 37.1 Å². The lowest BCUT2D eigenvalue weighted by molar-refractivity contribution is 0.940. The number of aliphatic imine (C=N–C) groups is 1. The zero-order chi connectivity index (χ0) is 5.11. The van der Waals surface area contributed by atoms with Crippen molar-refractivity contribution in [2.45, 2.75) is 6.17 Å². The summed E-state index contributed by atoms with van der Waals surface area (Å²) in [4.78, 5) is 3.74. The minimum absolute atomic E-state index is 0.185. The van der Waals surface area contributed by atoms with E-state index in [1.807, 2.05) is 0 Å². The lowest BCUT2D eigenvalue weighted by Gasteiger charge is -1.83. The number of azo groups is 1. The maximum Gasteiger partial charge on any atom is 0.191 e. The molecule has 0 aliphatic carbocycles. The Hall–Kier alpha value is -0.640. The van der Waals surface area contributed by atoms with Gasteiger partial charge >= 0.3 is 0 Å². The molecule has 0 N–H and O–H groups in total. The van der Waals surface area contributed by atoms with Crippen LogP contribution >= 0.6 is 12.2 Å². The van der Waals surface area contributed by atoms with Gasteiger partial charge in [0, 0.05) is 5.37 Å². The number of rotatable bonds is 1. The van der Waals surface area contributed by atoms with Gasteiger partial charge in [0.2, 0.25) is 0 Å². The lowest BCUT2D eigenvalue weighted by atomic mass is 10.6. The molecule has 0 spiro atoms. The molecule has 0 bridgehead atoms. The van der Waals surface area contributed by atoms with E-state index in [2.05, 4.69) is 27.4 Å². The van der Waals surface area contributed by atoms with E-state index in [9.17, 15) is 0 Å². The highest BCUT2D eigenvalue weighted by atomic mass is 32.1. The van der Waals surface area contributed by atoms with Gasteiger partial charge in [0.15, 0.2) is 6.17 Å². The molecule has 0 aromatic rings. The third-order valence-corrected chi connectivity index (χ3v) is 0.821. The van der Waals surface area contributed by atoms with Crippen LogP contribution in [0.2, 0.25) is 0 Å². The molecule has 36 valence electrons. The van der Waals surface area contributed by atoms with Gasteiger partial charge in [0.05, 0.1) is 0 Å². The molecule has 3 nitrogen and oxygen atoms in total. The van der Waals surface area contributed by atoms with Crippen molar-refractivity contribution in [2.24, 2.45) is 15.2 Å². The standard InChI is InChI=1S/C3H3N3S/c7-1-3-4-2-5-6-3/h1-3H. The number of thiocarbonyl (C=S) groups is 1. The smallest absolute Gasteiger partial charge is 0.191 e. The molecule has 0 amide bonds. The lowest BCUT2D eigenvalue weighted by Crippen LogP contribution is -1.93. The van der Waals surface area contributed by atoms with Crippen LogP contribution in [-0.4, -0.2) is 17.9 Å². The Morgan fingerprint density at radius 3 is 2.86 bits per heavy atom. The summed E-state index contributed by atoms with van der Waals surface area (Å²) in [6, 6.07) is 0. The first-order valence-electron chi connectivity index (χ1n) is 1.80. The monoisotopic (exact) mass is 113 g/mol. The second-order valence-electron chi connectivity index (χ2n) is 1.05. The summed E-state index contributed by atoms with van der Waals surface area (Å²) in [5.74, 6) is 0. The predicted octanol–water partition coefficient (Wildman–Crippen LogP) is 0.806. The molecule has 0 saturated carbocycles. The summed E-state index contributed by atoms with van der Waals surface area (Å²) in [5.41, 5.74) is 0. The molecule has 0 saturated heterocycles. The average Bonchev–Trinajstić information content (AvgIpc) is 2.14. The van der Waals surface area contributed by atoms with E-state index in [1.165, 1.54) is 11.7 Å². The fraction of sp³-hybridized carbons (Fsp3) is 0.333. The van der Waals surface area contributed by atoms with Crippen molar-refractivity contribution in [3.8, 4) is 0 Å². The molecule has 0 aromatic carbocycles. The van der Waals surface area contributed by atoms with Crippen molar-refractivity contribution in [3.63, 3.8) is 0 Å². The highest BCUT2D eigenvalue weighted by Crippen LogP contribution is 1.95. The summed E-state index contributed by atoms with van der Waals surface area (Å²) in [6.45, 7) is 0. The van der Waals surface area contributed by atoms with E-state index in [1.54, 1.807) is 0 Å². The van der Waals surface area contributed by atoms with Crippen LogP contribution in [0.1, 0.15) is 0 Å². The average molecular weight is 113 g/mol. The highest BCUT2D eigenvalue weighted by Gasteiger charge is 1.98. The van der Waals surface area contributed by atoms with Crippen molar-refractivity contribution < 1.29 is 0 Å². The summed E-state index contributed by atoms with van der Waals surface area (Å²) in [6.07, 6.45) is 1.21. The van der Waals surface area contributed by atoms with Gasteiger partial charge in [0.25, 0.3) is 0 Å². The van der Waals surface area contributed by atoms with Gasteiger partial charge in [-0.1, -0.05) is 12.2 Å². The largest absolute Gasteiger partial charge is 0.238 e. The van der Waals surface area contributed by atoms with E-state index in [4.69, 9.17) is 0 Å². The van der Waals surface area contributed by atoms with Crippen LogP contribution in [0, 0.1) is 0 Å². The van der Waals surface area contributed by atoms with Crippen LogP contribution in [0.5, 0.6) is 0 Å². The van der Waals surface area contributed by atoms with E-state index in [-0.39, 0.29) is 6.17 Å². The molecular weight excluding hydrogens is 110 g/mol. The van der Waals surface area contributed by atoms with E-state index >= 15 is 0 Å². The number of hydrogen-bond acceptors (Lipinski definition) is 4. The molecule has 1 rings (SSSR count). The second kappa shape index (κ2) is 1.88. The first-order chi connectivity index (χ1) is 3.43. The van der Waals surface area contributed by atoms with Gasteiger partial charge in [-0.2, -0.15) is 5.11 Å². The maximum absolute atomic E-state index is 4.52. The fourth-order valence-electron chi connectivity index (χ4n) is 0.288. The molecule has 1 aliphatic rings. The van der Waals surface area contributed by atoms with Gasteiger partial charge in [-0.15, -0.1) is 5.11 Å². The van der Waals surface area contributed by atoms with E-state index < -0.39 is 0 Å². The van der Waals surface area contributed by atoms with Crippen molar-refractivity contribution in [3.05, 3.63) is 0 Å². The van der Waals surface area contributed by atoms with Crippen LogP contribution in [0.3, 0.4) is 0 Å². The minimum Gasteiger partial charge on any atom is -0.238 e. The molecule has 0 aromatic heterocycles. The zero-order valence-electron chi connectivity index (χ0n) is 3.48. The fourth-order valence-corrected chi connectivity index (χ4v) is 0.413. The van der Waals surface area contributed by atoms with Crippen LogP contribution < -0.4 is 0 Å².